The van der Waals surface area contributed by atoms with E-state index >= 15 is 0 Å². The minimum Gasteiger partial charge on any atom is -0.354 e. The second-order valence-electron chi connectivity index (χ2n) is 9.53. The Balaban J connectivity index is 1.51. The topological polar surface area (TPSA) is 73.0 Å². The maximum absolute atomic E-state index is 13.8. The number of halogens is 1. The summed E-state index contributed by atoms with van der Waals surface area (Å²) < 4.78 is 0.766. The molecule has 35 heavy (non-hydrogen) atoms. The number of nitrogens with one attached hydrogen (secondary N) is 1. The number of anilines is 1. The molecule has 1 N–H and O–H groups in total. The van der Waals surface area contributed by atoms with Gasteiger partial charge < -0.3 is 20.0 Å². The fraction of sp³-hybridized carbons (Fsp3) is 0.444. The van der Waals surface area contributed by atoms with Crippen LogP contribution in [0.25, 0.3) is 0 Å². The number of piperidine rings is 1. The molecule has 4 rings (SSSR count). The van der Waals surface area contributed by atoms with Gasteiger partial charge in [0.05, 0.1) is 12.2 Å². The number of nitrogens with zero attached hydrogens (tertiary/aromatic N) is 3. The number of benzene rings is 2. The largest absolute Gasteiger partial charge is 0.354 e. The molecular formula is C27H33BrN4O3. The highest BCUT2D eigenvalue weighted by molar-refractivity contribution is 9.10. The average Bonchev–Trinajstić information content (AvgIpc) is 3.14. The molecule has 0 radical (unpaired) electrons. The lowest BCUT2D eigenvalue weighted by Crippen LogP contribution is -2.57. The third-order valence-electron chi connectivity index (χ3n) is 7.24. The first kappa shape index (κ1) is 25.2. The number of carbonyl (C=O) groups excluding carboxylic acids is 3. The zero-order chi connectivity index (χ0) is 25.0. The van der Waals surface area contributed by atoms with Crippen molar-refractivity contribution in [2.45, 2.75) is 38.6 Å². The second-order valence-corrected chi connectivity index (χ2v) is 10.4. The highest BCUT2D eigenvalue weighted by Crippen LogP contribution is 2.39. The van der Waals surface area contributed by atoms with Gasteiger partial charge in [-0.15, -0.1) is 0 Å². The van der Waals surface area contributed by atoms with Crippen LogP contribution in [0.5, 0.6) is 0 Å². The van der Waals surface area contributed by atoms with Crippen molar-refractivity contribution in [3.05, 3.63) is 64.6 Å². The quantitative estimate of drug-likeness (QED) is 0.578. The zero-order valence-corrected chi connectivity index (χ0v) is 22.0. The summed E-state index contributed by atoms with van der Waals surface area (Å²) in [6, 6.07) is 17.3. The zero-order valence-electron chi connectivity index (χ0n) is 20.4. The van der Waals surface area contributed by atoms with Gasteiger partial charge in [0.25, 0.3) is 11.8 Å². The van der Waals surface area contributed by atoms with E-state index in [1.165, 1.54) is 0 Å². The first-order valence-corrected chi connectivity index (χ1v) is 13.1. The van der Waals surface area contributed by atoms with E-state index in [-0.39, 0.29) is 24.3 Å². The summed E-state index contributed by atoms with van der Waals surface area (Å²) in [5.41, 5.74) is 0.818. The Morgan fingerprint density at radius 3 is 2.37 bits per heavy atom. The Hall–Kier alpha value is -2.87. The molecule has 0 aliphatic carbocycles. The summed E-state index contributed by atoms with van der Waals surface area (Å²) in [4.78, 5) is 45.2. The fourth-order valence-corrected chi connectivity index (χ4v) is 5.32. The summed E-state index contributed by atoms with van der Waals surface area (Å²) in [5, 5.41) is 2.96. The van der Waals surface area contributed by atoms with Crippen LogP contribution in [0.15, 0.2) is 59.1 Å². The van der Waals surface area contributed by atoms with Gasteiger partial charge in [-0.2, -0.15) is 0 Å². The van der Waals surface area contributed by atoms with Gasteiger partial charge in [0, 0.05) is 29.8 Å². The number of para-hydroxylation sites is 1. The predicted octanol–water partition coefficient (Wildman–Crippen LogP) is 3.89. The van der Waals surface area contributed by atoms with Crippen LogP contribution in [-0.2, 0) is 9.59 Å². The van der Waals surface area contributed by atoms with Gasteiger partial charge in [-0.05, 0) is 59.0 Å². The molecule has 2 fully saturated rings. The van der Waals surface area contributed by atoms with Crippen molar-refractivity contribution in [3.63, 3.8) is 0 Å². The maximum atomic E-state index is 13.8. The molecule has 2 aliphatic heterocycles. The van der Waals surface area contributed by atoms with Crippen LogP contribution >= 0.6 is 15.9 Å². The number of hydrogen-bond acceptors (Lipinski definition) is 4. The third-order valence-corrected chi connectivity index (χ3v) is 7.93. The first-order chi connectivity index (χ1) is 16.9. The lowest BCUT2D eigenvalue weighted by Gasteiger charge is -2.43. The summed E-state index contributed by atoms with van der Waals surface area (Å²) in [6.45, 7) is 6.15. The van der Waals surface area contributed by atoms with Crippen LogP contribution in [0.1, 0.15) is 43.5 Å². The minimum absolute atomic E-state index is 0.0342. The van der Waals surface area contributed by atoms with Gasteiger partial charge in [0.1, 0.15) is 12.1 Å². The predicted molar refractivity (Wildman–Crippen MR) is 140 cm³/mol. The fourth-order valence-electron chi connectivity index (χ4n) is 4.87. The number of carbonyl (C=O) groups is 3. The molecule has 1 unspecified atom stereocenters. The van der Waals surface area contributed by atoms with Gasteiger partial charge in [-0.3, -0.25) is 14.4 Å². The van der Waals surface area contributed by atoms with Crippen LogP contribution in [0.3, 0.4) is 0 Å². The molecular weight excluding hydrogens is 508 g/mol. The van der Waals surface area contributed by atoms with Crippen molar-refractivity contribution < 1.29 is 14.4 Å². The Morgan fingerprint density at radius 1 is 1.06 bits per heavy atom. The Bertz CT molecular complexity index is 1070. The highest BCUT2D eigenvalue weighted by atomic mass is 79.9. The van der Waals surface area contributed by atoms with Crippen molar-refractivity contribution in [3.8, 4) is 0 Å². The van der Waals surface area contributed by atoms with Crippen molar-refractivity contribution >= 4 is 39.3 Å². The SMILES string of the molecule is CCC(C)CNC(=O)CN1CN(c2ccccc2)C2(CCN(C(=O)c3ccccc3Br)CC2)C1=O. The molecule has 0 saturated carbocycles. The molecule has 0 aromatic heterocycles. The lowest BCUT2D eigenvalue weighted by molar-refractivity contribution is -0.137. The van der Waals surface area contributed by atoms with Gasteiger partial charge >= 0.3 is 0 Å². The summed E-state index contributed by atoms with van der Waals surface area (Å²) >= 11 is 3.48. The molecule has 1 atom stereocenters. The Labute approximate surface area is 215 Å². The van der Waals surface area contributed by atoms with Gasteiger partial charge in [-0.25, -0.2) is 0 Å². The van der Waals surface area contributed by atoms with Crippen LogP contribution in [-0.4, -0.2) is 65.9 Å². The van der Waals surface area contributed by atoms with E-state index in [1.54, 1.807) is 4.90 Å². The molecule has 2 aliphatic rings. The van der Waals surface area contributed by atoms with Gasteiger partial charge in [0.2, 0.25) is 5.91 Å². The van der Waals surface area contributed by atoms with E-state index in [0.29, 0.717) is 50.6 Å². The van der Waals surface area contributed by atoms with Crippen molar-refractivity contribution in [2.75, 3.05) is 37.7 Å². The van der Waals surface area contributed by atoms with Crippen LogP contribution < -0.4 is 10.2 Å². The molecule has 2 heterocycles. The molecule has 0 bridgehead atoms. The Morgan fingerprint density at radius 2 is 1.71 bits per heavy atom. The van der Waals surface area contributed by atoms with E-state index < -0.39 is 5.54 Å². The molecule has 2 aromatic rings. The smallest absolute Gasteiger partial charge is 0.255 e. The molecule has 2 aromatic carbocycles. The van der Waals surface area contributed by atoms with Crippen LogP contribution in [0.4, 0.5) is 5.69 Å². The average molecular weight is 541 g/mol. The van der Waals surface area contributed by atoms with Crippen molar-refractivity contribution in [1.82, 2.24) is 15.1 Å². The maximum Gasteiger partial charge on any atom is 0.255 e. The van der Waals surface area contributed by atoms with Crippen LogP contribution in [0.2, 0.25) is 0 Å². The van der Waals surface area contributed by atoms with Crippen molar-refractivity contribution in [1.29, 1.82) is 0 Å². The third kappa shape index (κ3) is 5.22. The Kier molecular flexibility index (Phi) is 7.79. The molecule has 1 spiro atoms. The van der Waals surface area contributed by atoms with Crippen LogP contribution in [0, 0.1) is 5.92 Å². The normalized spacial score (nSPS) is 18.1. The molecule has 186 valence electrons. The number of hydrogen-bond donors (Lipinski definition) is 1. The second kappa shape index (κ2) is 10.8. The number of amides is 3. The highest BCUT2D eigenvalue weighted by Gasteiger charge is 2.54. The van der Waals surface area contributed by atoms with E-state index in [9.17, 15) is 14.4 Å². The monoisotopic (exact) mass is 540 g/mol. The summed E-state index contributed by atoms with van der Waals surface area (Å²) in [6.07, 6.45) is 2.02. The minimum atomic E-state index is -0.761. The van der Waals surface area contributed by atoms with Gasteiger partial charge in [0.15, 0.2) is 0 Å². The number of rotatable bonds is 7. The molecule has 3 amide bonds. The first-order valence-electron chi connectivity index (χ1n) is 12.3. The summed E-state index contributed by atoms with van der Waals surface area (Å²) in [7, 11) is 0. The molecule has 8 heteroatoms. The lowest BCUT2D eigenvalue weighted by atomic mass is 9.85. The van der Waals surface area contributed by atoms with E-state index in [0.717, 1.165) is 16.6 Å². The van der Waals surface area contributed by atoms with Gasteiger partial charge in [-0.1, -0.05) is 50.6 Å². The van der Waals surface area contributed by atoms with E-state index in [1.807, 2.05) is 59.5 Å². The van der Waals surface area contributed by atoms with E-state index in [4.69, 9.17) is 0 Å². The van der Waals surface area contributed by atoms with E-state index in [2.05, 4.69) is 40.0 Å². The number of likely N-dealkylation sites (tertiary alicyclic amines) is 1. The molecule has 7 nitrogen and oxygen atoms in total. The van der Waals surface area contributed by atoms with Crippen molar-refractivity contribution in [2.24, 2.45) is 5.92 Å². The summed E-state index contributed by atoms with van der Waals surface area (Å²) in [5.74, 6) is 0.190. The molecule has 2 saturated heterocycles. The standard InChI is InChI=1S/C27H33BrN4O3/c1-3-20(2)17-29-24(33)18-31-19-32(21-9-5-4-6-10-21)27(26(31)35)13-15-30(16-14-27)25(34)22-11-7-8-12-23(22)28/h4-12,20H,3,13-19H2,1-2H3,(H,29,33).